The van der Waals surface area contributed by atoms with Crippen molar-refractivity contribution >= 4 is 17.7 Å². The molecule has 0 spiro atoms. The Morgan fingerprint density at radius 2 is 1.82 bits per heavy atom. The Morgan fingerprint density at radius 3 is 2.55 bits per heavy atom. The fourth-order valence-electron chi connectivity index (χ4n) is 4.41. The summed E-state index contributed by atoms with van der Waals surface area (Å²) in [7, 11) is 0. The smallest absolute Gasteiger partial charge is 0.217 e. The van der Waals surface area contributed by atoms with Gasteiger partial charge in [-0.25, -0.2) is 4.98 Å². The Morgan fingerprint density at radius 1 is 1.03 bits per heavy atom. The number of aliphatic hydroxyl groups is 1. The number of aromatic amines is 1. The third kappa shape index (κ3) is 6.68. The lowest BCUT2D eigenvalue weighted by molar-refractivity contribution is -0.245. The topological polar surface area (TPSA) is 109 Å². The molecule has 196 valence electrons. The molecule has 1 aliphatic rings. The van der Waals surface area contributed by atoms with Crippen molar-refractivity contribution in [2.45, 2.75) is 50.2 Å². The van der Waals surface area contributed by atoms with Crippen LogP contribution in [0.1, 0.15) is 48.0 Å². The first-order valence-corrected chi connectivity index (χ1v) is 13.5. The summed E-state index contributed by atoms with van der Waals surface area (Å²) in [6, 6.07) is 24.2. The average molecular weight is 531 g/mol. The van der Waals surface area contributed by atoms with Crippen LogP contribution in [0, 0.1) is 0 Å². The molecule has 1 fully saturated rings. The van der Waals surface area contributed by atoms with E-state index in [0.29, 0.717) is 18.7 Å². The molecule has 9 heteroatoms. The molecule has 2 heterocycles. The van der Waals surface area contributed by atoms with E-state index in [2.05, 4.69) is 44.8 Å². The zero-order valence-electron chi connectivity index (χ0n) is 21.0. The SMILES string of the molecule is CC(=O)NCc1cccc(-c2cccc(C3OC(CSc4ncn[nH]4)CC(c4ccc(CO)cc4)O3)c2)c1. The number of thioether (sulfide) groups is 1. The van der Waals surface area contributed by atoms with Crippen molar-refractivity contribution in [2.24, 2.45) is 0 Å². The molecule has 0 aliphatic carbocycles. The first kappa shape index (κ1) is 26.1. The fourth-order valence-corrected chi connectivity index (χ4v) is 5.21. The van der Waals surface area contributed by atoms with E-state index in [1.54, 1.807) is 11.8 Å². The first-order chi connectivity index (χ1) is 18.6. The Labute approximate surface area is 225 Å². The minimum Gasteiger partial charge on any atom is -0.392 e. The van der Waals surface area contributed by atoms with Crippen LogP contribution in [-0.2, 0) is 27.4 Å². The monoisotopic (exact) mass is 530 g/mol. The molecule has 38 heavy (non-hydrogen) atoms. The van der Waals surface area contributed by atoms with Crippen LogP contribution < -0.4 is 5.32 Å². The van der Waals surface area contributed by atoms with E-state index in [1.807, 2.05) is 48.5 Å². The summed E-state index contributed by atoms with van der Waals surface area (Å²) in [6.45, 7) is 2.01. The molecule has 1 amide bonds. The van der Waals surface area contributed by atoms with Crippen molar-refractivity contribution in [1.29, 1.82) is 0 Å². The van der Waals surface area contributed by atoms with E-state index in [1.165, 1.54) is 13.3 Å². The molecule has 0 radical (unpaired) electrons. The summed E-state index contributed by atoms with van der Waals surface area (Å²) in [5.41, 5.74) is 5.97. The van der Waals surface area contributed by atoms with Gasteiger partial charge in [0.15, 0.2) is 11.4 Å². The van der Waals surface area contributed by atoms with Crippen molar-refractivity contribution in [1.82, 2.24) is 20.5 Å². The molecule has 1 aliphatic heterocycles. The Hall–Kier alpha value is -3.50. The van der Waals surface area contributed by atoms with Crippen LogP contribution in [0.3, 0.4) is 0 Å². The Kier molecular flexibility index (Phi) is 8.50. The number of rotatable bonds is 9. The maximum absolute atomic E-state index is 11.3. The van der Waals surface area contributed by atoms with E-state index in [4.69, 9.17) is 9.47 Å². The van der Waals surface area contributed by atoms with Gasteiger partial charge in [-0.15, -0.1) is 0 Å². The molecular weight excluding hydrogens is 500 g/mol. The van der Waals surface area contributed by atoms with E-state index in [9.17, 15) is 9.90 Å². The van der Waals surface area contributed by atoms with Gasteiger partial charge in [0, 0.05) is 31.2 Å². The number of aromatic nitrogens is 3. The molecular formula is C29H30N4O4S. The zero-order chi connectivity index (χ0) is 26.3. The van der Waals surface area contributed by atoms with Crippen LogP contribution in [0.4, 0.5) is 0 Å². The van der Waals surface area contributed by atoms with Gasteiger partial charge in [-0.2, -0.15) is 5.10 Å². The van der Waals surface area contributed by atoms with Gasteiger partial charge in [-0.3, -0.25) is 9.89 Å². The van der Waals surface area contributed by atoms with Gasteiger partial charge in [0.1, 0.15) is 6.33 Å². The van der Waals surface area contributed by atoms with Gasteiger partial charge in [0.25, 0.3) is 0 Å². The molecule has 3 atom stereocenters. The largest absolute Gasteiger partial charge is 0.392 e. The number of nitrogens with zero attached hydrogens (tertiary/aromatic N) is 2. The summed E-state index contributed by atoms with van der Waals surface area (Å²) >= 11 is 1.57. The number of hydrogen-bond acceptors (Lipinski definition) is 7. The third-order valence-corrected chi connectivity index (χ3v) is 7.38. The van der Waals surface area contributed by atoms with Gasteiger partial charge in [-0.05, 0) is 39.9 Å². The molecule has 3 unspecified atom stereocenters. The minimum atomic E-state index is -0.547. The Balaban J connectivity index is 1.38. The number of carbonyl (C=O) groups excluding carboxylic acids is 1. The molecule has 4 aromatic rings. The molecule has 5 rings (SSSR count). The second-order valence-electron chi connectivity index (χ2n) is 9.19. The Bertz CT molecular complexity index is 1350. The molecule has 3 aromatic carbocycles. The number of hydrogen-bond donors (Lipinski definition) is 3. The number of amides is 1. The highest BCUT2D eigenvalue weighted by Gasteiger charge is 2.32. The zero-order valence-corrected chi connectivity index (χ0v) is 21.9. The van der Waals surface area contributed by atoms with Crippen molar-refractivity contribution in [2.75, 3.05) is 5.75 Å². The predicted octanol–water partition coefficient (Wildman–Crippen LogP) is 4.94. The highest BCUT2D eigenvalue weighted by atomic mass is 32.2. The maximum Gasteiger partial charge on any atom is 0.217 e. The number of ether oxygens (including phenoxy) is 2. The predicted molar refractivity (Wildman–Crippen MR) is 145 cm³/mol. The van der Waals surface area contributed by atoms with Crippen molar-refractivity contribution in [3.8, 4) is 11.1 Å². The summed E-state index contributed by atoms with van der Waals surface area (Å²) < 4.78 is 13.0. The summed E-state index contributed by atoms with van der Waals surface area (Å²) in [5, 5.41) is 19.9. The van der Waals surface area contributed by atoms with Crippen LogP contribution in [0.2, 0.25) is 0 Å². The first-order valence-electron chi connectivity index (χ1n) is 12.5. The normalized spacial score (nSPS) is 19.3. The minimum absolute atomic E-state index is 0.00674. The number of carbonyl (C=O) groups is 1. The van der Waals surface area contributed by atoms with Crippen molar-refractivity contribution in [3.63, 3.8) is 0 Å². The number of nitrogens with one attached hydrogen (secondary N) is 2. The average Bonchev–Trinajstić information content (AvgIpc) is 3.49. The fraction of sp³-hybridized carbons (Fsp3) is 0.276. The van der Waals surface area contributed by atoms with E-state index < -0.39 is 6.29 Å². The quantitative estimate of drug-likeness (QED) is 0.263. The molecule has 3 N–H and O–H groups in total. The summed E-state index contributed by atoms with van der Waals surface area (Å²) in [6.07, 6.45) is 1.41. The molecule has 1 aromatic heterocycles. The van der Waals surface area contributed by atoms with Gasteiger partial charge in [0.2, 0.25) is 5.91 Å². The second kappa shape index (κ2) is 12.4. The number of aliphatic hydroxyl groups excluding tert-OH is 1. The lowest BCUT2D eigenvalue weighted by Gasteiger charge is -2.36. The summed E-state index contributed by atoms with van der Waals surface area (Å²) in [5.74, 6) is 0.645. The molecule has 0 bridgehead atoms. The van der Waals surface area contributed by atoms with Crippen LogP contribution in [-0.4, -0.2) is 38.1 Å². The van der Waals surface area contributed by atoms with E-state index in [-0.39, 0.29) is 24.7 Å². The second-order valence-corrected chi connectivity index (χ2v) is 10.2. The van der Waals surface area contributed by atoms with Crippen molar-refractivity contribution < 1.29 is 19.4 Å². The summed E-state index contributed by atoms with van der Waals surface area (Å²) in [4.78, 5) is 15.5. The third-order valence-electron chi connectivity index (χ3n) is 6.37. The van der Waals surface area contributed by atoms with E-state index in [0.717, 1.165) is 38.5 Å². The van der Waals surface area contributed by atoms with Crippen molar-refractivity contribution in [3.05, 3.63) is 101 Å². The van der Waals surface area contributed by atoms with Gasteiger partial charge in [0.05, 0.1) is 18.8 Å². The van der Waals surface area contributed by atoms with Crippen LogP contribution in [0.25, 0.3) is 11.1 Å². The molecule has 8 nitrogen and oxygen atoms in total. The highest BCUT2D eigenvalue weighted by molar-refractivity contribution is 7.99. The highest BCUT2D eigenvalue weighted by Crippen LogP contribution is 2.40. The van der Waals surface area contributed by atoms with E-state index >= 15 is 0 Å². The lowest BCUT2D eigenvalue weighted by atomic mass is 9.99. The lowest BCUT2D eigenvalue weighted by Crippen LogP contribution is -2.31. The van der Waals surface area contributed by atoms with Gasteiger partial charge >= 0.3 is 0 Å². The number of H-pyrrole nitrogens is 1. The van der Waals surface area contributed by atoms with Gasteiger partial charge in [-0.1, -0.05) is 72.4 Å². The molecule has 0 saturated carbocycles. The standard InChI is InChI=1S/C29H30N4O4S/c1-19(35)30-15-21-4-2-5-23(12-21)24-6-3-7-25(13-24)28-36-26(17-38-29-31-18-32-33-29)14-27(37-28)22-10-8-20(16-34)9-11-22/h2-13,18,26-28,34H,14-17H2,1H3,(H,30,35)(H,31,32,33). The number of benzene rings is 3. The maximum atomic E-state index is 11.3. The van der Waals surface area contributed by atoms with Gasteiger partial charge < -0.3 is 19.9 Å². The van der Waals surface area contributed by atoms with Crippen LogP contribution in [0.15, 0.2) is 84.3 Å². The van der Waals surface area contributed by atoms with Crippen LogP contribution >= 0.6 is 11.8 Å². The van der Waals surface area contributed by atoms with Crippen LogP contribution in [0.5, 0.6) is 0 Å². The molecule has 1 saturated heterocycles.